The second kappa shape index (κ2) is 5.92. The third kappa shape index (κ3) is 2.91. The van der Waals surface area contributed by atoms with Crippen LogP contribution in [0.15, 0.2) is 12.1 Å². The van der Waals surface area contributed by atoms with Crippen molar-refractivity contribution in [1.82, 2.24) is 0 Å². The topological polar surface area (TPSA) is 44.5 Å². The highest BCUT2D eigenvalue weighted by Crippen LogP contribution is 2.36. The summed E-state index contributed by atoms with van der Waals surface area (Å²) < 4.78 is 10.8. The molecule has 0 heterocycles. The molecule has 3 heteroatoms. The van der Waals surface area contributed by atoms with Crippen LogP contribution in [0.5, 0.6) is 11.5 Å². The molecule has 0 aliphatic rings. The van der Waals surface area contributed by atoms with Crippen molar-refractivity contribution >= 4 is 0 Å². The molecular formula is C14H23NO2. The van der Waals surface area contributed by atoms with Crippen molar-refractivity contribution in [3.63, 3.8) is 0 Å². The molecule has 1 rings (SSSR count). The number of methoxy groups -OCH3 is 2. The Labute approximate surface area is 104 Å². The lowest BCUT2D eigenvalue weighted by Gasteiger charge is -2.23. The molecule has 3 nitrogen and oxygen atoms in total. The highest BCUT2D eigenvalue weighted by molar-refractivity contribution is 5.47. The molecule has 0 amide bonds. The van der Waals surface area contributed by atoms with E-state index in [0.29, 0.717) is 18.4 Å². The zero-order chi connectivity index (χ0) is 13.0. The molecule has 0 radical (unpaired) electrons. The maximum Gasteiger partial charge on any atom is 0.122 e. The number of benzene rings is 1. The fourth-order valence-corrected chi connectivity index (χ4v) is 2.12. The Bertz CT molecular complexity index is 375. The van der Waals surface area contributed by atoms with E-state index in [1.54, 1.807) is 14.2 Å². The molecule has 0 fully saturated rings. The average Bonchev–Trinajstić information content (AvgIpc) is 2.30. The van der Waals surface area contributed by atoms with E-state index < -0.39 is 0 Å². The maximum absolute atomic E-state index is 5.86. The van der Waals surface area contributed by atoms with Crippen LogP contribution in [0, 0.1) is 12.8 Å². The van der Waals surface area contributed by atoms with E-state index in [9.17, 15) is 0 Å². The van der Waals surface area contributed by atoms with Gasteiger partial charge < -0.3 is 15.2 Å². The predicted molar refractivity (Wildman–Crippen MR) is 70.9 cm³/mol. The molecule has 0 aliphatic carbocycles. The zero-order valence-corrected chi connectivity index (χ0v) is 11.4. The number of ether oxygens (including phenoxy) is 2. The Kier molecular flexibility index (Phi) is 4.82. The minimum absolute atomic E-state index is 0.291. The van der Waals surface area contributed by atoms with Crippen molar-refractivity contribution in [3.8, 4) is 11.5 Å². The summed E-state index contributed by atoms with van der Waals surface area (Å²) in [4.78, 5) is 0. The number of nitrogens with two attached hydrogens (primary N) is 1. The van der Waals surface area contributed by atoms with Crippen LogP contribution in [0.3, 0.4) is 0 Å². The average molecular weight is 237 g/mol. The van der Waals surface area contributed by atoms with Gasteiger partial charge in [0.05, 0.1) is 14.2 Å². The lowest BCUT2D eigenvalue weighted by molar-refractivity contribution is 0.385. The van der Waals surface area contributed by atoms with E-state index in [1.165, 1.54) is 0 Å². The van der Waals surface area contributed by atoms with Gasteiger partial charge >= 0.3 is 0 Å². The highest BCUT2D eigenvalue weighted by atomic mass is 16.5. The van der Waals surface area contributed by atoms with Crippen LogP contribution >= 0.6 is 0 Å². The van der Waals surface area contributed by atoms with Crippen LogP contribution in [0.25, 0.3) is 0 Å². The first kappa shape index (κ1) is 13.8. The Morgan fingerprint density at radius 1 is 1.12 bits per heavy atom. The lowest BCUT2D eigenvalue weighted by atomic mass is 9.87. The molecule has 1 atom stereocenters. The number of rotatable bonds is 5. The Hall–Kier alpha value is -1.22. The van der Waals surface area contributed by atoms with Gasteiger partial charge in [-0.05, 0) is 37.1 Å². The number of hydrogen-bond donors (Lipinski definition) is 1. The van der Waals surface area contributed by atoms with Crippen LogP contribution in [-0.4, -0.2) is 20.8 Å². The molecule has 2 N–H and O–H groups in total. The molecule has 1 unspecified atom stereocenters. The van der Waals surface area contributed by atoms with Gasteiger partial charge in [0.15, 0.2) is 0 Å². The summed E-state index contributed by atoms with van der Waals surface area (Å²) in [6, 6.07) is 4.06. The van der Waals surface area contributed by atoms with Gasteiger partial charge in [0.25, 0.3) is 0 Å². The Morgan fingerprint density at radius 3 is 2.12 bits per heavy atom. The second-order valence-electron chi connectivity index (χ2n) is 4.65. The quantitative estimate of drug-likeness (QED) is 0.856. The molecule has 0 saturated carbocycles. The van der Waals surface area contributed by atoms with Gasteiger partial charge in [-0.15, -0.1) is 0 Å². The second-order valence-corrected chi connectivity index (χ2v) is 4.65. The van der Waals surface area contributed by atoms with E-state index in [2.05, 4.69) is 13.8 Å². The van der Waals surface area contributed by atoms with Crippen molar-refractivity contribution in [3.05, 3.63) is 23.3 Å². The third-order valence-electron chi connectivity index (χ3n) is 3.21. The van der Waals surface area contributed by atoms with E-state index in [-0.39, 0.29) is 0 Å². The van der Waals surface area contributed by atoms with Gasteiger partial charge in [-0.3, -0.25) is 0 Å². The van der Waals surface area contributed by atoms with E-state index in [1.807, 2.05) is 19.1 Å². The summed E-state index contributed by atoms with van der Waals surface area (Å²) in [5.41, 5.74) is 8.07. The molecule has 96 valence electrons. The molecule has 0 saturated heterocycles. The molecular weight excluding hydrogens is 214 g/mol. The van der Waals surface area contributed by atoms with Crippen molar-refractivity contribution in [2.45, 2.75) is 26.7 Å². The van der Waals surface area contributed by atoms with Crippen LogP contribution in [0.4, 0.5) is 0 Å². The maximum atomic E-state index is 5.86. The van der Waals surface area contributed by atoms with Gasteiger partial charge in [0.2, 0.25) is 0 Å². The molecule has 0 aliphatic heterocycles. The summed E-state index contributed by atoms with van der Waals surface area (Å²) in [7, 11) is 3.38. The molecule has 0 bridgehead atoms. The SMILES string of the molecule is COc1cc(C(CN)C(C)C)c(OC)cc1C. The zero-order valence-electron chi connectivity index (χ0n) is 11.4. The lowest BCUT2D eigenvalue weighted by Crippen LogP contribution is -2.18. The Balaban J connectivity index is 3.28. The first-order chi connectivity index (χ1) is 8.04. The molecule has 1 aromatic carbocycles. The Morgan fingerprint density at radius 2 is 1.71 bits per heavy atom. The largest absolute Gasteiger partial charge is 0.496 e. The van der Waals surface area contributed by atoms with Crippen molar-refractivity contribution in [1.29, 1.82) is 0 Å². The van der Waals surface area contributed by atoms with E-state index in [4.69, 9.17) is 15.2 Å². The van der Waals surface area contributed by atoms with Gasteiger partial charge in [-0.25, -0.2) is 0 Å². The monoisotopic (exact) mass is 237 g/mol. The molecule has 1 aromatic rings. The summed E-state index contributed by atoms with van der Waals surface area (Å²) in [5.74, 6) is 2.55. The minimum Gasteiger partial charge on any atom is -0.496 e. The van der Waals surface area contributed by atoms with Crippen LogP contribution in [0.1, 0.15) is 30.9 Å². The van der Waals surface area contributed by atoms with E-state index in [0.717, 1.165) is 22.6 Å². The summed E-state index contributed by atoms with van der Waals surface area (Å²) in [5, 5.41) is 0. The molecule has 0 spiro atoms. The normalized spacial score (nSPS) is 12.6. The third-order valence-corrected chi connectivity index (χ3v) is 3.21. The molecule has 0 aromatic heterocycles. The summed E-state index contributed by atoms with van der Waals surface area (Å²) >= 11 is 0. The van der Waals surface area contributed by atoms with Gasteiger partial charge in [-0.1, -0.05) is 13.8 Å². The van der Waals surface area contributed by atoms with Crippen LogP contribution in [-0.2, 0) is 0 Å². The predicted octanol–water partition coefficient (Wildman–Crippen LogP) is 2.71. The van der Waals surface area contributed by atoms with Crippen molar-refractivity contribution < 1.29 is 9.47 Å². The van der Waals surface area contributed by atoms with Crippen molar-refractivity contribution in [2.75, 3.05) is 20.8 Å². The fourth-order valence-electron chi connectivity index (χ4n) is 2.12. The summed E-state index contributed by atoms with van der Waals surface area (Å²) in [6.45, 7) is 6.96. The number of hydrogen-bond acceptors (Lipinski definition) is 3. The van der Waals surface area contributed by atoms with Gasteiger partial charge in [0, 0.05) is 11.5 Å². The van der Waals surface area contributed by atoms with Crippen molar-refractivity contribution in [2.24, 2.45) is 11.7 Å². The number of aryl methyl sites for hydroxylation is 1. The van der Waals surface area contributed by atoms with Crippen LogP contribution < -0.4 is 15.2 Å². The van der Waals surface area contributed by atoms with Gasteiger partial charge in [-0.2, -0.15) is 0 Å². The standard InChI is InChI=1S/C14H23NO2/c1-9(2)12(8-15)11-7-13(16-4)10(3)6-14(11)17-5/h6-7,9,12H,8,15H2,1-5H3. The van der Waals surface area contributed by atoms with Crippen LogP contribution in [0.2, 0.25) is 0 Å². The molecule has 17 heavy (non-hydrogen) atoms. The van der Waals surface area contributed by atoms with Gasteiger partial charge in [0.1, 0.15) is 11.5 Å². The highest BCUT2D eigenvalue weighted by Gasteiger charge is 2.20. The first-order valence-corrected chi connectivity index (χ1v) is 5.97. The summed E-state index contributed by atoms with van der Waals surface area (Å²) in [6.07, 6.45) is 0. The first-order valence-electron chi connectivity index (χ1n) is 5.97. The smallest absolute Gasteiger partial charge is 0.122 e. The minimum atomic E-state index is 0.291. The van der Waals surface area contributed by atoms with E-state index >= 15 is 0 Å². The fraction of sp³-hybridized carbons (Fsp3) is 0.571.